The predicted molar refractivity (Wildman–Crippen MR) is 83.7 cm³/mol. The van der Waals surface area contributed by atoms with Crippen molar-refractivity contribution < 1.29 is 12.8 Å². The van der Waals surface area contributed by atoms with Crippen molar-refractivity contribution in [2.75, 3.05) is 18.5 Å². The Hall–Kier alpha value is -1.93. The van der Waals surface area contributed by atoms with Gasteiger partial charge in [-0.1, -0.05) is 6.07 Å². The molecule has 0 unspecified atom stereocenters. The molecule has 0 radical (unpaired) electrons. The molecule has 1 aromatic carbocycles. The van der Waals surface area contributed by atoms with Crippen LogP contribution in [0.15, 0.2) is 27.5 Å². The molecule has 1 N–H and O–H groups in total. The van der Waals surface area contributed by atoms with E-state index in [1.54, 1.807) is 12.1 Å². The summed E-state index contributed by atoms with van der Waals surface area (Å²) in [5.41, 5.74) is 2.15. The van der Waals surface area contributed by atoms with E-state index in [2.05, 4.69) is 19.8 Å². The van der Waals surface area contributed by atoms with Gasteiger partial charge >= 0.3 is 0 Å². The number of sulfonamides is 1. The molecule has 0 saturated heterocycles. The summed E-state index contributed by atoms with van der Waals surface area (Å²) in [7, 11) is -1.64. The largest absolute Gasteiger partial charge is 0.424 e. The van der Waals surface area contributed by atoms with E-state index >= 15 is 0 Å². The molecule has 4 rings (SSSR count). The highest BCUT2D eigenvalue weighted by Gasteiger charge is 2.29. The number of hydrogen-bond donors (Lipinski definition) is 1. The molecular weight excluding hydrogens is 316 g/mol. The number of anilines is 1. The van der Waals surface area contributed by atoms with Crippen LogP contribution < -0.4 is 9.62 Å². The van der Waals surface area contributed by atoms with Crippen LogP contribution in [0.4, 0.5) is 5.69 Å². The van der Waals surface area contributed by atoms with Crippen LogP contribution in [0.1, 0.15) is 36.1 Å². The summed E-state index contributed by atoms with van der Waals surface area (Å²) in [6, 6.07) is 5.24. The van der Waals surface area contributed by atoms with Crippen molar-refractivity contribution in [3.8, 4) is 0 Å². The van der Waals surface area contributed by atoms with Gasteiger partial charge in [-0.3, -0.25) is 0 Å². The van der Waals surface area contributed by atoms with Crippen LogP contribution in [0, 0.1) is 0 Å². The molecule has 2 aliphatic rings. The number of likely N-dealkylation sites (N-methyl/N-ethyl adjacent to an activating group) is 1. The van der Waals surface area contributed by atoms with Crippen LogP contribution >= 0.6 is 0 Å². The molecule has 0 spiro atoms. The summed E-state index contributed by atoms with van der Waals surface area (Å²) in [5.74, 6) is 1.27. The van der Waals surface area contributed by atoms with Crippen LogP contribution in [-0.2, 0) is 23.0 Å². The maximum Gasteiger partial charge on any atom is 0.241 e. The Bertz CT molecular complexity index is 842. The fraction of sp³-hybridized carbons (Fsp3) is 0.467. The maximum absolute atomic E-state index is 12.4. The van der Waals surface area contributed by atoms with Gasteiger partial charge in [0.2, 0.25) is 21.8 Å². The molecule has 0 atom stereocenters. The zero-order valence-electron chi connectivity index (χ0n) is 12.8. The standard InChI is InChI=1S/C15H18N4O3S/c1-19-7-6-10-4-5-12(8-13(10)19)23(20,21)16-9-14-17-18-15(22-14)11-2-3-11/h4-5,8,11,16H,2-3,6-7,9H2,1H3. The van der Waals surface area contributed by atoms with Crippen LogP contribution in [0.25, 0.3) is 0 Å². The molecule has 1 saturated carbocycles. The van der Waals surface area contributed by atoms with Gasteiger partial charge in [0.1, 0.15) is 0 Å². The van der Waals surface area contributed by atoms with Crippen LogP contribution in [0.3, 0.4) is 0 Å². The van der Waals surface area contributed by atoms with Crippen LogP contribution in [0.2, 0.25) is 0 Å². The lowest BCUT2D eigenvalue weighted by molar-refractivity contribution is 0.445. The Balaban J connectivity index is 1.50. The third kappa shape index (κ3) is 2.84. The number of rotatable bonds is 5. The summed E-state index contributed by atoms with van der Waals surface area (Å²) in [6.45, 7) is 0.924. The van der Waals surface area contributed by atoms with Crippen LogP contribution in [0.5, 0.6) is 0 Å². The van der Waals surface area contributed by atoms with E-state index in [0.29, 0.717) is 17.7 Å². The molecule has 2 heterocycles. The summed E-state index contributed by atoms with van der Waals surface area (Å²) in [5, 5.41) is 7.84. The maximum atomic E-state index is 12.4. The van der Waals surface area contributed by atoms with E-state index in [1.165, 1.54) is 5.56 Å². The average molecular weight is 334 g/mol. The van der Waals surface area contributed by atoms with Gasteiger partial charge in [-0.25, -0.2) is 13.1 Å². The lowest BCUT2D eigenvalue weighted by Gasteiger charge is -2.13. The Morgan fingerprint density at radius 2 is 2.17 bits per heavy atom. The number of hydrogen-bond acceptors (Lipinski definition) is 6. The molecule has 7 nitrogen and oxygen atoms in total. The Labute approximate surface area is 134 Å². The van der Waals surface area contributed by atoms with E-state index in [0.717, 1.165) is 31.5 Å². The highest BCUT2D eigenvalue weighted by Crippen LogP contribution is 2.39. The van der Waals surface area contributed by atoms with E-state index in [1.807, 2.05) is 13.1 Å². The second-order valence-electron chi connectivity index (χ2n) is 6.09. The monoisotopic (exact) mass is 334 g/mol. The Morgan fingerprint density at radius 3 is 2.96 bits per heavy atom. The second-order valence-corrected chi connectivity index (χ2v) is 7.86. The minimum Gasteiger partial charge on any atom is -0.424 e. The molecule has 23 heavy (non-hydrogen) atoms. The van der Waals surface area contributed by atoms with Gasteiger partial charge in [0, 0.05) is 25.2 Å². The van der Waals surface area contributed by atoms with Crippen LogP contribution in [-0.4, -0.2) is 32.2 Å². The zero-order chi connectivity index (χ0) is 16.0. The van der Waals surface area contributed by atoms with E-state index in [4.69, 9.17) is 4.42 Å². The number of nitrogens with zero attached hydrogens (tertiary/aromatic N) is 3. The molecule has 2 aromatic rings. The molecule has 1 aromatic heterocycles. The average Bonchev–Trinajstić information content (AvgIpc) is 3.17. The number of benzene rings is 1. The molecule has 0 bridgehead atoms. The third-order valence-corrected chi connectivity index (χ3v) is 5.72. The van der Waals surface area contributed by atoms with Gasteiger partial charge in [-0.2, -0.15) is 0 Å². The minimum absolute atomic E-state index is 0.00891. The molecule has 8 heteroatoms. The third-order valence-electron chi connectivity index (χ3n) is 4.32. The molecular formula is C15H18N4O3S. The fourth-order valence-corrected chi connectivity index (χ4v) is 3.75. The second kappa shape index (κ2) is 5.31. The van der Waals surface area contributed by atoms with E-state index < -0.39 is 10.0 Å². The van der Waals surface area contributed by atoms with Crippen molar-refractivity contribution in [1.29, 1.82) is 0 Å². The molecule has 1 fully saturated rings. The van der Waals surface area contributed by atoms with Crippen molar-refractivity contribution in [1.82, 2.24) is 14.9 Å². The van der Waals surface area contributed by atoms with Crippen molar-refractivity contribution in [3.05, 3.63) is 35.5 Å². The highest BCUT2D eigenvalue weighted by molar-refractivity contribution is 7.89. The minimum atomic E-state index is -3.60. The smallest absolute Gasteiger partial charge is 0.241 e. The first-order chi connectivity index (χ1) is 11.0. The number of nitrogens with one attached hydrogen (secondary N) is 1. The van der Waals surface area contributed by atoms with Gasteiger partial charge < -0.3 is 9.32 Å². The molecule has 1 aliphatic carbocycles. The lowest BCUT2D eigenvalue weighted by atomic mass is 10.2. The topological polar surface area (TPSA) is 88.3 Å². The summed E-state index contributed by atoms with van der Waals surface area (Å²) >= 11 is 0. The first kappa shape index (κ1) is 14.6. The van der Waals surface area contributed by atoms with Gasteiger partial charge in [0.05, 0.1) is 11.4 Å². The molecule has 122 valence electrons. The van der Waals surface area contributed by atoms with Gasteiger partial charge in [-0.05, 0) is 37.0 Å². The summed E-state index contributed by atoms with van der Waals surface area (Å²) in [6.07, 6.45) is 3.08. The van der Waals surface area contributed by atoms with E-state index in [-0.39, 0.29) is 11.4 Å². The lowest BCUT2D eigenvalue weighted by Crippen LogP contribution is -2.23. The Morgan fingerprint density at radius 1 is 1.35 bits per heavy atom. The van der Waals surface area contributed by atoms with Gasteiger partial charge in [0.25, 0.3) is 0 Å². The highest BCUT2D eigenvalue weighted by atomic mass is 32.2. The van der Waals surface area contributed by atoms with E-state index in [9.17, 15) is 8.42 Å². The fourth-order valence-electron chi connectivity index (χ4n) is 2.76. The first-order valence-electron chi connectivity index (χ1n) is 7.69. The predicted octanol–water partition coefficient (Wildman–Crippen LogP) is 1.42. The van der Waals surface area contributed by atoms with Gasteiger partial charge in [0.15, 0.2) is 0 Å². The van der Waals surface area contributed by atoms with Crippen molar-refractivity contribution >= 4 is 15.7 Å². The summed E-state index contributed by atoms with van der Waals surface area (Å²) in [4.78, 5) is 2.32. The van der Waals surface area contributed by atoms with Gasteiger partial charge in [-0.15, -0.1) is 10.2 Å². The SMILES string of the molecule is CN1CCc2ccc(S(=O)(=O)NCc3nnc(C4CC4)o3)cc21. The molecule has 0 amide bonds. The molecule has 1 aliphatic heterocycles. The Kier molecular flexibility index (Phi) is 3.38. The first-order valence-corrected chi connectivity index (χ1v) is 9.17. The number of aromatic nitrogens is 2. The normalized spacial score (nSPS) is 17.5. The quantitative estimate of drug-likeness (QED) is 0.889. The van der Waals surface area contributed by atoms with Crippen molar-refractivity contribution in [2.24, 2.45) is 0 Å². The van der Waals surface area contributed by atoms with Crippen molar-refractivity contribution in [2.45, 2.75) is 36.6 Å². The zero-order valence-corrected chi connectivity index (χ0v) is 13.6. The van der Waals surface area contributed by atoms with Crippen molar-refractivity contribution in [3.63, 3.8) is 0 Å². The number of fused-ring (bicyclic) bond motifs is 1. The summed E-state index contributed by atoms with van der Waals surface area (Å²) < 4.78 is 32.9.